The highest BCUT2D eigenvalue weighted by Gasteiger charge is 2.23. The van der Waals surface area contributed by atoms with Crippen molar-refractivity contribution in [3.05, 3.63) is 45.0 Å². The summed E-state index contributed by atoms with van der Waals surface area (Å²) in [5, 5.41) is 0.0306. The lowest BCUT2D eigenvalue weighted by Gasteiger charge is -2.12. The number of halogens is 3. The van der Waals surface area contributed by atoms with Crippen LogP contribution >= 0.6 is 39.1 Å². The van der Waals surface area contributed by atoms with Crippen LogP contribution in [-0.2, 0) is 10.0 Å². The van der Waals surface area contributed by atoms with E-state index in [-0.39, 0.29) is 26.6 Å². The summed E-state index contributed by atoms with van der Waals surface area (Å²) in [4.78, 5) is 12.3. The van der Waals surface area contributed by atoms with Crippen LogP contribution in [0.5, 0.6) is 5.88 Å². The molecule has 0 bridgehead atoms. The Hall–Kier alpha value is -1.68. The van der Waals surface area contributed by atoms with Gasteiger partial charge >= 0.3 is 0 Å². The second-order valence-corrected chi connectivity index (χ2v) is 8.09. The lowest BCUT2D eigenvalue weighted by atomic mass is 10.4. The summed E-state index contributed by atoms with van der Waals surface area (Å²) >= 11 is 15.2. The Balaban J connectivity index is 2.11. The molecule has 1 aromatic carbocycles. The molecule has 0 amide bonds. The SMILES string of the molecule is COc1nc2ncc(Br)cc2nc1NS(=O)(=O)c1cccc(Cl)c1Cl. The molecule has 3 aromatic rings. The summed E-state index contributed by atoms with van der Waals surface area (Å²) in [7, 11) is -2.71. The van der Waals surface area contributed by atoms with E-state index in [1.54, 1.807) is 12.3 Å². The first-order valence-electron chi connectivity index (χ1n) is 6.66. The fraction of sp³-hybridized carbons (Fsp3) is 0.0714. The van der Waals surface area contributed by atoms with E-state index in [0.717, 1.165) is 0 Å². The zero-order chi connectivity index (χ0) is 18.2. The van der Waals surface area contributed by atoms with Crippen molar-refractivity contribution in [3.63, 3.8) is 0 Å². The Kier molecular flexibility index (Phi) is 5.01. The smallest absolute Gasteiger partial charge is 0.264 e. The van der Waals surface area contributed by atoms with Crippen molar-refractivity contribution in [3.8, 4) is 5.88 Å². The zero-order valence-electron chi connectivity index (χ0n) is 12.5. The highest BCUT2D eigenvalue weighted by atomic mass is 79.9. The van der Waals surface area contributed by atoms with Crippen LogP contribution in [0.3, 0.4) is 0 Å². The monoisotopic (exact) mass is 462 g/mol. The van der Waals surface area contributed by atoms with Gasteiger partial charge in [0.15, 0.2) is 5.65 Å². The Morgan fingerprint density at radius 3 is 2.72 bits per heavy atom. The normalized spacial score (nSPS) is 11.5. The molecular formula is C14H9BrCl2N4O3S. The number of ether oxygens (including phenoxy) is 1. The number of nitrogens with zero attached hydrogens (tertiary/aromatic N) is 3. The zero-order valence-corrected chi connectivity index (χ0v) is 16.4. The molecule has 0 aliphatic heterocycles. The average Bonchev–Trinajstić information content (AvgIpc) is 2.56. The second-order valence-electron chi connectivity index (χ2n) is 4.74. The van der Waals surface area contributed by atoms with Crippen LogP contribution in [-0.4, -0.2) is 30.5 Å². The van der Waals surface area contributed by atoms with Gasteiger partial charge in [0.2, 0.25) is 5.82 Å². The first-order chi connectivity index (χ1) is 11.8. The summed E-state index contributed by atoms with van der Waals surface area (Å²) in [6, 6.07) is 5.95. The molecule has 11 heteroatoms. The van der Waals surface area contributed by atoms with Crippen LogP contribution in [0.25, 0.3) is 11.2 Å². The molecule has 0 aliphatic rings. The van der Waals surface area contributed by atoms with E-state index in [4.69, 9.17) is 27.9 Å². The molecule has 2 aromatic heterocycles. The molecule has 2 heterocycles. The van der Waals surface area contributed by atoms with Gasteiger partial charge in [0, 0.05) is 10.7 Å². The number of hydrogen-bond acceptors (Lipinski definition) is 6. The lowest BCUT2D eigenvalue weighted by molar-refractivity contribution is 0.400. The van der Waals surface area contributed by atoms with Gasteiger partial charge in [0.05, 0.1) is 17.2 Å². The third kappa shape index (κ3) is 3.64. The third-order valence-corrected chi connectivity index (χ3v) is 5.83. The van der Waals surface area contributed by atoms with Gasteiger partial charge in [0.1, 0.15) is 10.4 Å². The van der Waals surface area contributed by atoms with Crippen molar-refractivity contribution >= 4 is 66.1 Å². The second kappa shape index (κ2) is 6.91. The van der Waals surface area contributed by atoms with Crippen LogP contribution < -0.4 is 9.46 Å². The number of aromatic nitrogens is 3. The van der Waals surface area contributed by atoms with Gasteiger partial charge in [-0.2, -0.15) is 4.98 Å². The molecule has 7 nitrogen and oxygen atoms in total. The Morgan fingerprint density at radius 2 is 2.00 bits per heavy atom. The molecule has 0 spiro atoms. The van der Waals surface area contributed by atoms with Gasteiger partial charge in [-0.3, -0.25) is 4.72 Å². The molecule has 0 fully saturated rings. The fourth-order valence-electron chi connectivity index (χ4n) is 1.99. The Bertz CT molecular complexity index is 1080. The van der Waals surface area contributed by atoms with Crippen molar-refractivity contribution in [1.29, 1.82) is 0 Å². The summed E-state index contributed by atoms with van der Waals surface area (Å²) in [6.45, 7) is 0. The number of benzene rings is 1. The van der Waals surface area contributed by atoms with Crippen molar-refractivity contribution in [2.24, 2.45) is 0 Å². The van der Waals surface area contributed by atoms with Crippen LogP contribution in [0.1, 0.15) is 0 Å². The van der Waals surface area contributed by atoms with Gasteiger partial charge in [-0.15, -0.1) is 0 Å². The number of nitrogens with one attached hydrogen (secondary N) is 1. The van der Waals surface area contributed by atoms with Gasteiger partial charge < -0.3 is 4.74 Å². The quantitative estimate of drug-likeness (QED) is 0.630. The summed E-state index contributed by atoms with van der Waals surface area (Å²) in [5.74, 6) is -0.116. The Morgan fingerprint density at radius 1 is 1.24 bits per heavy atom. The van der Waals surface area contributed by atoms with Gasteiger partial charge in [0.25, 0.3) is 15.9 Å². The number of hydrogen-bond donors (Lipinski definition) is 1. The number of fused-ring (bicyclic) bond motifs is 1. The van der Waals surface area contributed by atoms with E-state index in [2.05, 4.69) is 35.6 Å². The van der Waals surface area contributed by atoms with E-state index in [9.17, 15) is 8.42 Å². The van der Waals surface area contributed by atoms with E-state index in [0.29, 0.717) is 15.6 Å². The predicted octanol–water partition coefficient (Wildman–Crippen LogP) is 3.90. The largest absolute Gasteiger partial charge is 0.478 e. The predicted molar refractivity (Wildman–Crippen MR) is 98.9 cm³/mol. The molecule has 0 radical (unpaired) electrons. The molecule has 0 aliphatic carbocycles. The first kappa shape index (κ1) is 18.1. The maximum Gasteiger partial charge on any atom is 0.264 e. The maximum absolute atomic E-state index is 12.6. The molecule has 0 saturated carbocycles. The van der Waals surface area contributed by atoms with Crippen molar-refractivity contribution in [1.82, 2.24) is 15.0 Å². The fourth-order valence-corrected chi connectivity index (χ4v) is 4.07. The number of pyridine rings is 1. The number of sulfonamides is 1. The minimum absolute atomic E-state index is 0.0240. The topological polar surface area (TPSA) is 94.1 Å². The molecule has 0 unspecified atom stereocenters. The molecule has 0 saturated heterocycles. The van der Waals surface area contributed by atoms with Crippen molar-refractivity contribution in [2.45, 2.75) is 4.90 Å². The van der Waals surface area contributed by atoms with E-state index in [1.165, 1.54) is 25.3 Å². The molecule has 3 rings (SSSR count). The molecule has 0 atom stereocenters. The number of methoxy groups -OCH3 is 1. The molecule has 130 valence electrons. The summed E-state index contributed by atoms with van der Waals surface area (Å²) in [6.07, 6.45) is 1.55. The van der Waals surface area contributed by atoms with Crippen LogP contribution in [0, 0.1) is 0 Å². The van der Waals surface area contributed by atoms with Crippen LogP contribution in [0.2, 0.25) is 10.0 Å². The molecule has 25 heavy (non-hydrogen) atoms. The summed E-state index contributed by atoms with van der Waals surface area (Å²) in [5.41, 5.74) is 0.689. The van der Waals surface area contributed by atoms with Gasteiger partial charge in [-0.05, 0) is 34.1 Å². The van der Waals surface area contributed by atoms with E-state index < -0.39 is 10.0 Å². The van der Waals surface area contributed by atoms with Crippen molar-refractivity contribution in [2.75, 3.05) is 11.8 Å². The van der Waals surface area contributed by atoms with Crippen LogP contribution in [0.15, 0.2) is 39.8 Å². The van der Waals surface area contributed by atoms with E-state index >= 15 is 0 Å². The maximum atomic E-state index is 12.6. The standard InChI is InChI=1S/C14H9BrCl2N4O3S/c1-24-14-13(19-9-5-7(15)6-18-12(9)20-14)21-25(22,23)10-4-2-3-8(16)11(10)17/h2-6H,1H3,(H,19,21). The summed E-state index contributed by atoms with van der Waals surface area (Å²) < 4.78 is 33.4. The van der Waals surface area contributed by atoms with Crippen LogP contribution in [0.4, 0.5) is 5.82 Å². The minimum Gasteiger partial charge on any atom is -0.478 e. The minimum atomic E-state index is -4.06. The first-order valence-corrected chi connectivity index (χ1v) is 9.69. The van der Waals surface area contributed by atoms with Gasteiger partial charge in [-0.25, -0.2) is 18.4 Å². The van der Waals surface area contributed by atoms with Crippen molar-refractivity contribution < 1.29 is 13.2 Å². The highest BCUT2D eigenvalue weighted by Crippen LogP contribution is 2.31. The molecular weight excluding hydrogens is 455 g/mol. The molecule has 1 N–H and O–H groups in total. The number of rotatable bonds is 4. The number of anilines is 1. The van der Waals surface area contributed by atoms with E-state index in [1.807, 2.05) is 0 Å². The average molecular weight is 464 g/mol. The highest BCUT2D eigenvalue weighted by molar-refractivity contribution is 9.10. The lowest BCUT2D eigenvalue weighted by Crippen LogP contribution is -2.16. The third-order valence-electron chi connectivity index (χ3n) is 3.09. The Labute approximate surface area is 161 Å². The van der Waals surface area contributed by atoms with Gasteiger partial charge in [-0.1, -0.05) is 29.3 Å².